The van der Waals surface area contributed by atoms with E-state index in [-0.39, 0.29) is 0 Å². The molecular formula is C15H13N3O2S. The molecule has 2 aromatic heterocycles. The normalized spacial score (nSPS) is 10.5. The number of hydrogen-bond acceptors (Lipinski definition) is 6. The van der Waals surface area contributed by atoms with Gasteiger partial charge in [-0.15, -0.1) is 10.2 Å². The predicted molar refractivity (Wildman–Crippen MR) is 80.1 cm³/mol. The molecule has 2 heterocycles. The fourth-order valence-electron chi connectivity index (χ4n) is 1.75. The van der Waals surface area contributed by atoms with Gasteiger partial charge in [-0.3, -0.25) is 0 Å². The maximum absolute atomic E-state index is 5.66. The second kappa shape index (κ2) is 6.41. The molecule has 3 aromatic rings. The first kappa shape index (κ1) is 13.6. The third kappa shape index (κ3) is 3.41. The Bertz CT molecular complexity index is 716. The van der Waals surface area contributed by atoms with Crippen LogP contribution in [0.2, 0.25) is 0 Å². The maximum Gasteiger partial charge on any atom is 0.247 e. The minimum Gasteiger partial charge on any atom is -0.497 e. The molecule has 0 aliphatic heterocycles. The lowest BCUT2D eigenvalue weighted by molar-refractivity contribution is 0.414. The van der Waals surface area contributed by atoms with Gasteiger partial charge in [0.1, 0.15) is 5.75 Å². The Kier molecular flexibility index (Phi) is 4.16. The van der Waals surface area contributed by atoms with Crippen molar-refractivity contribution < 1.29 is 9.15 Å². The fraction of sp³-hybridized carbons (Fsp3) is 0.133. The van der Waals surface area contributed by atoms with Gasteiger partial charge in [-0.1, -0.05) is 23.9 Å². The van der Waals surface area contributed by atoms with Gasteiger partial charge in [0.05, 0.1) is 17.9 Å². The molecule has 0 fully saturated rings. The number of thioether (sulfide) groups is 1. The first-order chi connectivity index (χ1) is 10.3. The average molecular weight is 299 g/mol. The Hall–Kier alpha value is -2.34. The van der Waals surface area contributed by atoms with E-state index in [1.165, 1.54) is 0 Å². The molecule has 0 unspecified atom stereocenters. The van der Waals surface area contributed by atoms with Gasteiger partial charge in [0.25, 0.3) is 0 Å². The smallest absolute Gasteiger partial charge is 0.247 e. The SMILES string of the molecule is COc1cccc(-c2nnc(CSc3ccccn3)o2)c1. The first-order valence-electron chi connectivity index (χ1n) is 6.36. The summed E-state index contributed by atoms with van der Waals surface area (Å²) in [6.07, 6.45) is 1.76. The zero-order valence-electron chi connectivity index (χ0n) is 11.4. The molecule has 5 nitrogen and oxygen atoms in total. The summed E-state index contributed by atoms with van der Waals surface area (Å²) in [5.74, 6) is 2.41. The molecule has 0 saturated heterocycles. The van der Waals surface area contributed by atoms with Crippen molar-refractivity contribution in [2.24, 2.45) is 0 Å². The molecule has 6 heteroatoms. The third-order valence-corrected chi connectivity index (χ3v) is 3.69. The monoisotopic (exact) mass is 299 g/mol. The van der Waals surface area contributed by atoms with Gasteiger partial charge in [-0.2, -0.15) is 0 Å². The fourth-order valence-corrected chi connectivity index (χ4v) is 2.45. The second-order valence-electron chi connectivity index (χ2n) is 4.19. The molecule has 0 radical (unpaired) electrons. The van der Waals surface area contributed by atoms with Crippen LogP contribution in [0, 0.1) is 0 Å². The number of methoxy groups -OCH3 is 1. The number of aromatic nitrogens is 3. The molecule has 0 aliphatic carbocycles. The van der Waals surface area contributed by atoms with Crippen LogP contribution in [0.1, 0.15) is 5.89 Å². The van der Waals surface area contributed by atoms with Crippen molar-refractivity contribution in [2.45, 2.75) is 10.8 Å². The number of pyridine rings is 1. The van der Waals surface area contributed by atoms with E-state index in [1.54, 1.807) is 25.1 Å². The summed E-state index contributed by atoms with van der Waals surface area (Å²) in [4.78, 5) is 4.24. The van der Waals surface area contributed by atoms with Crippen LogP contribution in [0.5, 0.6) is 5.75 Å². The summed E-state index contributed by atoms with van der Waals surface area (Å²) in [6, 6.07) is 13.3. The third-order valence-electron chi connectivity index (χ3n) is 2.76. The van der Waals surface area contributed by atoms with E-state index < -0.39 is 0 Å². The summed E-state index contributed by atoms with van der Waals surface area (Å²) in [6.45, 7) is 0. The first-order valence-corrected chi connectivity index (χ1v) is 7.34. The van der Waals surface area contributed by atoms with E-state index in [2.05, 4.69) is 15.2 Å². The van der Waals surface area contributed by atoms with Crippen molar-refractivity contribution in [3.8, 4) is 17.2 Å². The van der Waals surface area contributed by atoms with E-state index in [0.29, 0.717) is 17.5 Å². The van der Waals surface area contributed by atoms with E-state index in [9.17, 15) is 0 Å². The highest BCUT2D eigenvalue weighted by molar-refractivity contribution is 7.98. The molecule has 0 aliphatic rings. The van der Waals surface area contributed by atoms with Gasteiger partial charge in [-0.05, 0) is 30.3 Å². The number of nitrogens with zero attached hydrogens (tertiary/aromatic N) is 3. The lowest BCUT2D eigenvalue weighted by Crippen LogP contribution is -1.83. The summed E-state index contributed by atoms with van der Waals surface area (Å²) >= 11 is 1.56. The highest BCUT2D eigenvalue weighted by atomic mass is 32.2. The van der Waals surface area contributed by atoms with Gasteiger partial charge < -0.3 is 9.15 Å². The lowest BCUT2D eigenvalue weighted by atomic mass is 10.2. The maximum atomic E-state index is 5.66. The summed E-state index contributed by atoms with van der Waals surface area (Å²) < 4.78 is 10.9. The Morgan fingerprint density at radius 1 is 1.14 bits per heavy atom. The minimum atomic E-state index is 0.491. The van der Waals surface area contributed by atoms with Crippen LogP contribution in [0.3, 0.4) is 0 Å². The molecule has 0 atom stereocenters. The molecule has 0 saturated carbocycles. The van der Waals surface area contributed by atoms with Crippen molar-refractivity contribution in [3.63, 3.8) is 0 Å². The topological polar surface area (TPSA) is 61.0 Å². The number of hydrogen-bond donors (Lipinski definition) is 0. The van der Waals surface area contributed by atoms with E-state index in [4.69, 9.17) is 9.15 Å². The van der Waals surface area contributed by atoms with Gasteiger partial charge in [0.15, 0.2) is 0 Å². The van der Waals surface area contributed by atoms with Gasteiger partial charge in [0.2, 0.25) is 11.8 Å². The Morgan fingerprint density at radius 2 is 2.10 bits per heavy atom. The number of rotatable bonds is 5. The highest BCUT2D eigenvalue weighted by Gasteiger charge is 2.09. The lowest BCUT2D eigenvalue weighted by Gasteiger charge is -2.00. The van der Waals surface area contributed by atoms with Crippen molar-refractivity contribution in [3.05, 3.63) is 54.6 Å². The zero-order chi connectivity index (χ0) is 14.5. The van der Waals surface area contributed by atoms with Crippen molar-refractivity contribution >= 4 is 11.8 Å². The largest absolute Gasteiger partial charge is 0.497 e. The molecule has 0 bridgehead atoms. The molecule has 0 spiro atoms. The van der Waals surface area contributed by atoms with Crippen molar-refractivity contribution in [1.82, 2.24) is 15.2 Å². The van der Waals surface area contributed by atoms with Crippen LogP contribution in [0.4, 0.5) is 0 Å². The Morgan fingerprint density at radius 3 is 2.90 bits per heavy atom. The molecule has 0 N–H and O–H groups in total. The van der Waals surface area contributed by atoms with Crippen LogP contribution in [0.15, 0.2) is 58.1 Å². The van der Waals surface area contributed by atoms with E-state index in [0.717, 1.165) is 16.3 Å². The zero-order valence-corrected chi connectivity index (χ0v) is 12.2. The second-order valence-corrected chi connectivity index (χ2v) is 5.19. The van der Waals surface area contributed by atoms with Crippen LogP contribution in [-0.2, 0) is 5.75 Å². The van der Waals surface area contributed by atoms with Crippen LogP contribution in [0.25, 0.3) is 11.5 Å². The Labute approximate surface area is 126 Å². The van der Waals surface area contributed by atoms with Crippen molar-refractivity contribution in [1.29, 1.82) is 0 Å². The number of ether oxygens (including phenoxy) is 1. The van der Waals surface area contributed by atoms with Gasteiger partial charge >= 0.3 is 0 Å². The Balaban J connectivity index is 1.71. The summed E-state index contributed by atoms with van der Waals surface area (Å²) in [5, 5.41) is 9.05. The van der Waals surface area contributed by atoms with E-state index in [1.807, 2.05) is 42.5 Å². The van der Waals surface area contributed by atoms with E-state index >= 15 is 0 Å². The molecule has 3 rings (SSSR count). The van der Waals surface area contributed by atoms with Gasteiger partial charge in [0, 0.05) is 11.8 Å². The van der Waals surface area contributed by atoms with Crippen LogP contribution in [-0.4, -0.2) is 22.3 Å². The molecule has 0 amide bonds. The van der Waals surface area contributed by atoms with Gasteiger partial charge in [-0.25, -0.2) is 4.98 Å². The predicted octanol–water partition coefficient (Wildman–Crippen LogP) is 3.43. The number of benzene rings is 1. The molecular weight excluding hydrogens is 286 g/mol. The highest BCUT2D eigenvalue weighted by Crippen LogP contribution is 2.25. The summed E-state index contributed by atoms with van der Waals surface area (Å²) in [5.41, 5.74) is 0.843. The average Bonchev–Trinajstić information content (AvgIpc) is 3.03. The quantitative estimate of drug-likeness (QED) is 0.673. The molecule has 106 valence electrons. The molecule has 1 aromatic carbocycles. The molecule has 21 heavy (non-hydrogen) atoms. The standard InChI is InChI=1S/C15H13N3O2S/c1-19-12-6-4-5-11(9-12)15-18-17-13(20-15)10-21-14-7-2-3-8-16-14/h2-9H,10H2,1H3. The van der Waals surface area contributed by atoms with Crippen molar-refractivity contribution in [2.75, 3.05) is 7.11 Å². The summed E-state index contributed by atoms with van der Waals surface area (Å²) in [7, 11) is 1.63. The minimum absolute atomic E-state index is 0.491. The van der Waals surface area contributed by atoms with Crippen LogP contribution < -0.4 is 4.74 Å². The van der Waals surface area contributed by atoms with Crippen LogP contribution >= 0.6 is 11.8 Å².